The fraction of sp³-hybridized carbons (Fsp3) is 0.684. The maximum absolute atomic E-state index is 12.9. The van der Waals surface area contributed by atoms with Crippen LogP contribution in [0.25, 0.3) is 0 Å². The molecule has 2 aliphatic heterocycles. The Morgan fingerprint density at radius 1 is 1.19 bits per heavy atom. The van der Waals surface area contributed by atoms with Crippen molar-refractivity contribution >= 4 is 34.8 Å². The molecule has 0 radical (unpaired) electrons. The number of ether oxygens (including phenoxy) is 1. The van der Waals surface area contributed by atoms with E-state index >= 15 is 0 Å². The van der Waals surface area contributed by atoms with Crippen molar-refractivity contribution in [1.29, 1.82) is 0 Å². The van der Waals surface area contributed by atoms with E-state index in [4.69, 9.17) is 16.3 Å². The zero-order valence-corrected chi connectivity index (χ0v) is 16.8. The van der Waals surface area contributed by atoms with Gasteiger partial charge in [0.25, 0.3) is 5.91 Å². The van der Waals surface area contributed by atoms with Gasteiger partial charge in [-0.25, -0.2) is 0 Å². The number of thiophene rings is 1. The first-order chi connectivity index (χ1) is 12.4. The number of carbonyl (C=O) groups is 2. The Hall–Kier alpha value is -1.11. The van der Waals surface area contributed by atoms with Crippen molar-refractivity contribution in [2.45, 2.75) is 45.3 Å². The van der Waals surface area contributed by atoms with Gasteiger partial charge in [-0.15, -0.1) is 11.3 Å². The van der Waals surface area contributed by atoms with Crippen molar-refractivity contribution in [1.82, 2.24) is 9.80 Å². The molecule has 1 aliphatic carbocycles. The van der Waals surface area contributed by atoms with Crippen molar-refractivity contribution in [3.63, 3.8) is 0 Å². The number of hydrogen-bond donors (Lipinski definition) is 0. The van der Waals surface area contributed by atoms with Crippen LogP contribution in [-0.4, -0.2) is 60.0 Å². The first kappa shape index (κ1) is 18.3. The third-order valence-corrected chi connectivity index (χ3v) is 7.41. The molecular formula is C19H25ClN2O3S. The van der Waals surface area contributed by atoms with Crippen LogP contribution in [0.5, 0.6) is 0 Å². The zero-order chi connectivity index (χ0) is 18.5. The van der Waals surface area contributed by atoms with E-state index in [0.29, 0.717) is 36.1 Å². The SMILES string of the molecule is C[C@@H]1CN(C(=O)[C@H]2CC23CCN(C(=O)c2sccc2Cl)CC3)C[C@H](C)O1. The normalized spacial score (nSPS) is 30.5. The van der Waals surface area contributed by atoms with Gasteiger partial charge < -0.3 is 14.5 Å². The molecule has 7 heteroatoms. The van der Waals surface area contributed by atoms with Gasteiger partial charge in [0.05, 0.1) is 17.2 Å². The van der Waals surface area contributed by atoms with Gasteiger partial charge in [0.2, 0.25) is 5.91 Å². The minimum absolute atomic E-state index is 0.0270. The monoisotopic (exact) mass is 396 g/mol. The van der Waals surface area contributed by atoms with Gasteiger partial charge >= 0.3 is 0 Å². The van der Waals surface area contributed by atoms with Gasteiger partial charge in [-0.3, -0.25) is 9.59 Å². The van der Waals surface area contributed by atoms with E-state index in [1.807, 2.05) is 29.0 Å². The van der Waals surface area contributed by atoms with Crippen molar-refractivity contribution < 1.29 is 14.3 Å². The molecule has 2 amide bonds. The van der Waals surface area contributed by atoms with Crippen LogP contribution in [0.15, 0.2) is 11.4 Å². The highest BCUT2D eigenvalue weighted by atomic mass is 35.5. The summed E-state index contributed by atoms with van der Waals surface area (Å²) in [4.78, 5) is 30.1. The summed E-state index contributed by atoms with van der Waals surface area (Å²) in [6.07, 6.45) is 2.99. The molecule has 2 saturated heterocycles. The molecule has 26 heavy (non-hydrogen) atoms. The second-order valence-corrected chi connectivity index (χ2v) is 9.33. The van der Waals surface area contributed by atoms with Crippen molar-refractivity contribution in [3.05, 3.63) is 21.3 Å². The third-order valence-electron chi connectivity index (χ3n) is 6.08. The fourth-order valence-corrected chi connectivity index (χ4v) is 5.68. The van der Waals surface area contributed by atoms with Crippen LogP contribution in [-0.2, 0) is 9.53 Å². The van der Waals surface area contributed by atoms with Crippen molar-refractivity contribution in [2.24, 2.45) is 11.3 Å². The van der Waals surface area contributed by atoms with Crippen LogP contribution < -0.4 is 0 Å². The summed E-state index contributed by atoms with van der Waals surface area (Å²) in [7, 11) is 0. The molecule has 1 aromatic rings. The van der Waals surface area contributed by atoms with Gasteiger partial charge in [0.1, 0.15) is 4.88 Å². The van der Waals surface area contributed by atoms with Crippen LogP contribution in [0.3, 0.4) is 0 Å². The predicted octanol–water partition coefficient (Wildman–Crippen LogP) is 3.28. The number of hydrogen-bond acceptors (Lipinski definition) is 4. The first-order valence-electron chi connectivity index (χ1n) is 9.36. The summed E-state index contributed by atoms with van der Waals surface area (Å²) in [6, 6.07) is 1.77. The van der Waals surface area contributed by atoms with E-state index in [-0.39, 0.29) is 35.4 Å². The molecule has 0 aromatic carbocycles. The number of rotatable bonds is 2. The number of likely N-dealkylation sites (tertiary alicyclic amines) is 1. The number of carbonyl (C=O) groups excluding carboxylic acids is 2. The average Bonchev–Trinajstić information content (AvgIpc) is 3.12. The molecule has 142 valence electrons. The molecular weight excluding hydrogens is 372 g/mol. The van der Waals surface area contributed by atoms with E-state index in [1.165, 1.54) is 11.3 Å². The minimum atomic E-state index is 0.0270. The molecule has 5 nitrogen and oxygen atoms in total. The minimum Gasteiger partial charge on any atom is -0.372 e. The number of halogens is 1. The summed E-state index contributed by atoms with van der Waals surface area (Å²) in [5.41, 5.74) is 0.109. The molecule has 0 bridgehead atoms. The predicted molar refractivity (Wildman–Crippen MR) is 102 cm³/mol. The van der Waals surface area contributed by atoms with E-state index in [0.717, 1.165) is 19.3 Å². The molecule has 3 heterocycles. The average molecular weight is 397 g/mol. The van der Waals surface area contributed by atoms with Crippen molar-refractivity contribution in [3.8, 4) is 0 Å². The maximum atomic E-state index is 12.9. The largest absolute Gasteiger partial charge is 0.372 e. The summed E-state index contributed by atoms with van der Waals surface area (Å²) >= 11 is 7.49. The summed E-state index contributed by atoms with van der Waals surface area (Å²) in [5.74, 6) is 0.440. The van der Waals surface area contributed by atoms with E-state index in [9.17, 15) is 9.59 Å². The highest BCUT2D eigenvalue weighted by Gasteiger charge is 2.59. The number of nitrogens with zero attached hydrogens (tertiary/aromatic N) is 2. The van der Waals surface area contributed by atoms with Crippen LogP contribution in [0.1, 0.15) is 42.8 Å². The second-order valence-electron chi connectivity index (χ2n) is 8.01. The lowest BCUT2D eigenvalue weighted by Crippen LogP contribution is -2.49. The smallest absolute Gasteiger partial charge is 0.265 e. The van der Waals surface area contributed by atoms with Gasteiger partial charge in [0, 0.05) is 32.1 Å². The summed E-state index contributed by atoms with van der Waals surface area (Å²) in [5, 5.41) is 2.39. The van der Waals surface area contributed by atoms with Crippen LogP contribution in [0.2, 0.25) is 5.02 Å². The molecule has 0 N–H and O–H groups in total. The summed E-state index contributed by atoms with van der Waals surface area (Å²) < 4.78 is 5.74. The van der Waals surface area contributed by atoms with Crippen molar-refractivity contribution in [2.75, 3.05) is 26.2 Å². The molecule has 1 saturated carbocycles. The van der Waals surface area contributed by atoms with Crippen LogP contribution in [0, 0.1) is 11.3 Å². The van der Waals surface area contributed by atoms with Crippen LogP contribution >= 0.6 is 22.9 Å². The molecule has 0 unspecified atom stereocenters. The molecule has 3 atom stereocenters. The molecule has 1 aromatic heterocycles. The van der Waals surface area contributed by atoms with Gasteiger partial charge in [-0.2, -0.15) is 0 Å². The van der Waals surface area contributed by atoms with E-state index < -0.39 is 0 Å². The quantitative estimate of drug-likeness (QED) is 0.770. The van der Waals surface area contributed by atoms with E-state index in [2.05, 4.69) is 0 Å². The zero-order valence-electron chi connectivity index (χ0n) is 15.2. The Morgan fingerprint density at radius 2 is 1.85 bits per heavy atom. The Morgan fingerprint density at radius 3 is 2.42 bits per heavy atom. The standard InChI is InChI=1S/C19H25ClN2O3S/c1-12-10-22(11-13(2)25-12)17(23)14-9-19(14)4-6-21(7-5-19)18(24)16-15(20)3-8-26-16/h3,8,12-14H,4-7,9-11H2,1-2H3/t12-,13+,14-/m1/s1. The molecule has 3 fully saturated rings. The fourth-order valence-electron chi connectivity index (χ4n) is 4.57. The first-order valence-corrected chi connectivity index (χ1v) is 10.6. The number of morpholine rings is 1. The Kier molecular flexibility index (Phi) is 4.78. The Labute approximate surface area is 163 Å². The highest BCUT2D eigenvalue weighted by Crippen LogP contribution is 2.60. The number of piperidine rings is 1. The Bertz CT molecular complexity index is 703. The van der Waals surface area contributed by atoms with Gasteiger partial charge in [0.15, 0.2) is 0 Å². The van der Waals surface area contributed by atoms with Gasteiger partial charge in [-0.1, -0.05) is 11.6 Å². The molecule has 3 aliphatic rings. The number of amides is 2. The Balaban J connectivity index is 1.35. The second kappa shape index (κ2) is 6.80. The van der Waals surface area contributed by atoms with Gasteiger partial charge in [-0.05, 0) is 50.0 Å². The van der Waals surface area contributed by atoms with Crippen LogP contribution in [0.4, 0.5) is 0 Å². The third kappa shape index (κ3) is 3.27. The molecule has 4 rings (SSSR count). The van der Waals surface area contributed by atoms with E-state index in [1.54, 1.807) is 6.07 Å². The lowest BCUT2D eigenvalue weighted by molar-refractivity contribution is -0.145. The molecule has 1 spiro atoms. The summed E-state index contributed by atoms with van der Waals surface area (Å²) in [6.45, 7) is 6.87. The maximum Gasteiger partial charge on any atom is 0.265 e. The highest BCUT2D eigenvalue weighted by molar-refractivity contribution is 7.12. The lowest BCUT2D eigenvalue weighted by atomic mass is 9.90. The lowest BCUT2D eigenvalue weighted by Gasteiger charge is -2.37. The topological polar surface area (TPSA) is 49.9 Å².